The van der Waals surface area contributed by atoms with Gasteiger partial charge in [0.25, 0.3) is 0 Å². The molecular weight excluding hydrogens is 496 g/mol. The quantitative estimate of drug-likeness (QED) is 0.0941. The van der Waals surface area contributed by atoms with E-state index in [9.17, 15) is 24.9 Å². The first kappa shape index (κ1) is 32.7. The van der Waals surface area contributed by atoms with Crippen LogP contribution in [-0.2, 0) is 14.3 Å². The number of aldehydes is 1. The van der Waals surface area contributed by atoms with Crippen LogP contribution in [0, 0.1) is 17.3 Å². The van der Waals surface area contributed by atoms with Crippen molar-refractivity contribution >= 4 is 12.4 Å². The molecule has 2 aliphatic rings. The van der Waals surface area contributed by atoms with Crippen LogP contribution in [0.2, 0.25) is 0 Å². The number of carbonyl (C=O) groups excluding carboxylic acids is 2. The van der Waals surface area contributed by atoms with Crippen molar-refractivity contribution in [1.29, 1.82) is 0 Å². The Hall–Kier alpha value is -2.48. The summed E-state index contributed by atoms with van der Waals surface area (Å²) in [5.74, 6) is -0.457. The predicted molar refractivity (Wildman–Crippen MR) is 153 cm³/mol. The highest BCUT2D eigenvalue weighted by molar-refractivity contribution is 5.74. The molecule has 0 heterocycles. The summed E-state index contributed by atoms with van der Waals surface area (Å²) in [4.78, 5) is 23.2. The van der Waals surface area contributed by atoms with Gasteiger partial charge in [-0.15, -0.1) is 0 Å². The van der Waals surface area contributed by atoms with Crippen LogP contribution in [0.25, 0.3) is 0 Å². The minimum absolute atomic E-state index is 0.0130. The average molecular weight is 545 g/mol. The molecule has 2 fully saturated rings. The smallest absolute Gasteiger partial charge is 0.438 e. The number of hydrogen-bond donors (Lipinski definition) is 3. The lowest BCUT2D eigenvalue weighted by Crippen LogP contribution is -2.59. The molecule has 3 N–H and O–H groups in total. The van der Waals surface area contributed by atoms with Gasteiger partial charge in [-0.3, -0.25) is 4.79 Å². The number of methoxy groups -OCH3 is 1. The molecule has 0 aromatic rings. The molecule has 0 aromatic heterocycles. The molecule has 0 aliphatic heterocycles. The number of rotatable bonds is 12. The van der Waals surface area contributed by atoms with Gasteiger partial charge in [0.1, 0.15) is 12.9 Å². The van der Waals surface area contributed by atoms with Crippen molar-refractivity contribution in [3.8, 4) is 0 Å². The molecule has 7 heteroatoms. The summed E-state index contributed by atoms with van der Waals surface area (Å²) in [6.45, 7) is 12.1. The lowest BCUT2D eigenvalue weighted by molar-refractivity contribution is -0.167. The van der Waals surface area contributed by atoms with E-state index in [1.807, 2.05) is 32.1 Å². The largest absolute Gasteiger partial charge is 0.508 e. The summed E-state index contributed by atoms with van der Waals surface area (Å²) in [6, 6.07) is 0. The Morgan fingerprint density at radius 1 is 1.23 bits per heavy atom. The zero-order valence-corrected chi connectivity index (χ0v) is 24.4. The minimum atomic E-state index is -1.12. The summed E-state index contributed by atoms with van der Waals surface area (Å²) in [6.07, 6.45) is 12.0. The number of allylic oxidation sites excluding steroid dienone is 7. The molecule has 0 radical (unpaired) electrons. The first-order chi connectivity index (χ1) is 18.4. The number of hydrogen-bond acceptors (Lipinski definition) is 7. The van der Waals surface area contributed by atoms with Crippen LogP contribution >= 0.6 is 0 Å². The molecule has 1 spiro atoms. The van der Waals surface area contributed by atoms with E-state index in [0.29, 0.717) is 44.1 Å². The summed E-state index contributed by atoms with van der Waals surface area (Å²) in [5.41, 5.74) is 2.58. The molecule has 0 unspecified atom stereocenters. The molecule has 218 valence electrons. The molecule has 0 aromatic carbocycles. The second-order valence-electron chi connectivity index (χ2n) is 11.5. The number of aliphatic hydroxyl groups is 3. The molecule has 7 nitrogen and oxygen atoms in total. The van der Waals surface area contributed by atoms with E-state index in [4.69, 9.17) is 4.74 Å². The molecule has 2 aliphatic carbocycles. The lowest BCUT2D eigenvalue weighted by atomic mass is 9.52. The van der Waals surface area contributed by atoms with Crippen molar-refractivity contribution in [1.82, 2.24) is 0 Å². The molecule has 2 rings (SSSR count). The third-order valence-corrected chi connectivity index (χ3v) is 8.72. The Labute approximate surface area is 234 Å². The van der Waals surface area contributed by atoms with Crippen molar-refractivity contribution in [3.05, 3.63) is 58.7 Å². The van der Waals surface area contributed by atoms with Crippen LogP contribution in [0.1, 0.15) is 79.1 Å². The van der Waals surface area contributed by atoms with E-state index in [2.05, 4.69) is 17.4 Å². The van der Waals surface area contributed by atoms with E-state index >= 15 is 0 Å². The van der Waals surface area contributed by atoms with Crippen molar-refractivity contribution in [3.63, 3.8) is 0 Å². The summed E-state index contributed by atoms with van der Waals surface area (Å²) in [5, 5.41) is 33.1. The maximum Gasteiger partial charge on any atom is 0.508 e. The SMILES string of the molecule is C=C(/C=C/C=C(/CCC=C(C)C)COC(=O)OC)[C@@H]1CC[C@]2([C@H](CCCO)/C(=C(\C)C=O)CC[C@]2(C)O)[C@@H]1O. The van der Waals surface area contributed by atoms with Crippen LogP contribution in [-0.4, -0.2) is 59.8 Å². The second-order valence-corrected chi connectivity index (χ2v) is 11.5. The van der Waals surface area contributed by atoms with E-state index in [-0.39, 0.29) is 25.0 Å². The van der Waals surface area contributed by atoms with Crippen LogP contribution < -0.4 is 0 Å². The minimum Gasteiger partial charge on any atom is -0.438 e. The Morgan fingerprint density at radius 2 is 1.95 bits per heavy atom. The molecule has 0 bridgehead atoms. The molecular formula is C32H48O7. The van der Waals surface area contributed by atoms with Gasteiger partial charge in [0.05, 0.1) is 18.8 Å². The third-order valence-electron chi connectivity index (χ3n) is 8.72. The van der Waals surface area contributed by atoms with Gasteiger partial charge in [-0.25, -0.2) is 4.79 Å². The van der Waals surface area contributed by atoms with Gasteiger partial charge in [0.15, 0.2) is 0 Å². The number of carbonyl (C=O) groups is 2. The summed E-state index contributed by atoms with van der Waals surface area (Å²) >= 11 is 0. The highest BCUT2D eigenvalue weighted by Gasteiger charge is 2.63. The molecule has 0 amide bonds. The monoisotopic (exact) mass is 544 g/mol. The highest BCUT2D eigenvalue weighted by atomic mass is 16.7. The van der Waals surface area contributed by atoms with Gasteiger partial charge in [0, 0.05) is 17.9 Å². The first-order valence-corrected chi connectivity index (χ1v) is 14.0. The third kappa shape index (κ3) is 7.80. The van der Waals surface area contributed by atoms with Crippen molar-refractivity contribution in [2.75, 3.05) is 20.3 Å². The maximum absolute atomic E-state index is 11.8. The van der Waals surface area contributed by atoms with Gasteiger partial charge in [-0.05, 0) is 102 Å². The number of ether oxygens (including phenoxy) is 2. The van der Waals surface area contributed by atoms with E-state index in [1.54, 1.807) is 13.8 Å². The van der Waals surface area contributed by atoms with Gasteiger partial charge in [-0.2, -0.15) is 0 Å². The summed E-state index contributed by atoms with van der Waals surface area (Å²) < 4.78 is 9.73. The Balaban J connectivity index is 2.31. The van der Waals surface area contributed by atoms with E-state index in [0.717, 1.165) is 35.8 Å². The van der Waals surface area contributed by atoms with Crippen molar-refractivity contribution < 1.29 is 34.4 Å². The average Bonchev–Trinajstić information content (AvgIpc) is 3.25. The molecule has 2 saturated carbocycles. The normalized spacial score (nSPS) is 30.4. The Bertz CT molecular complexity index is 996. The van der Waals surface area contributed by atoms with Gasteiger partial charge < -0.3 is 24.8 Å². The fraction of sp³-hybridized carbons (Fsp3) is 0.625. The highest BCUT2D eigenvalue weighted by Crippen LogP contribution is 2.62. The van der Waals surface area contributed by atoms with Crippen LogP contribution in [0.5, 0.6) is 0 Å². The summed E-state index contributed by atoms with van der Waals surface area (Å²) in [7, 11) is 1.27. The van der Waals surface area contributed by atoms with Crippen molar-refractivity contribution in [2.24, 2.45) is 17.3 Å². The zero-order chi connectivity index (χ0) is 29.2. The van der Waals surface area contributed by atoms with Gasteiger partial charge >= 0.3 is 6.16 Å². The lowest BCUT2D eigenvalue weighted by Gasteiger charge is -2.55. The van der Waals surface area contributed by atoms with Gasteiger partial charge in [0.2, 0.25) is 0 Å². The van der Waals surface area contributed by atoms with E-state index < -0.39 is 23.3 Å². The molecule has 5 atom stereocenters. The Kier molecular flexibility index (Phi) is 12.4. The maximum atomic E-state index is 11.8. The molecule has 0 saturated heterocycles. The molecule has 39 heavy (non-hydrogen) atoms. The van der Waals surface area contributed by atoms with Crippen LogP contribution in [0.15, 0.2) is 58.7 Å². The standard InChI is InChI=1S/C32H48O7/c1-22(2)10-7-12-25(21-39-30(36)38-6)13-8-11-23(3)27-16-18-32(29(27)35)28(14-9-19-33)26(24(4)20-34)15-17-31(32,5)37/h8,10-11,13,20,27-29,33,35,37H,3,7,9,12,14-19,21H2,1-2,4-6H3/b11-8+,25-13-,26-24+/t27-,28+,29+,31-,32-/m0/s1. The first-order valence-electron chi connectivity index (χ1n) is 14.0. The van der Waals surface area contributed by atoms with Crippen LogP contribution in [0.4, 0.5) is 4.79 Å². The van der Waals surface area contributed by atoms with Crippen molar-refractivity contribution in [2.45, 2.75) is 90.8 Å². The fourth-order valence-electron chi connectivity index (χ4n) is 6.55. The predicted octanol–water partition coefficient (Wildman–Crippen LogP) is 5.76. The van der Waals surface area contributed by atoms with E-state index in [1.165, 1.54) is 12.7 Å². The number of aliphatic hydroxyl groups excluding tert-OH is 2. The van der Waals surface area contributed by atoms with Crippen LogP contribution in [0.3, 0.4) is 0 Å². The topological polar surface area (TPSA) is 113 Å². The van der Waals surface area contributed by atoms with Gasteiger partial charge in [-0.1, -0.05) is 42.0 Å². The fourth-order valence-corrected chi connectivity index (χ4v) is 6.55. The zero-order valence-electron chi connectivity index (χ0n) is 24.4. The Morgan fingerprint density at radius 3 is 2.56 bits per heavy atom. The second kappa shape index (κ2) is 14.8.